The Bertz CT molecular complexity index is 1020. The highest BCUT2D eigenvalue weighted by atomic mass is 32.1. The maximum atomic E-state index is 12.6. The van der Waals surface area contributed by atoms with Gasteiger partial charge in [-0.1, -0.05) is 18.2 Å². The Kier molecular flexibility index (Phi) is 3.85. The number of hydrogen-bond acceptors (Lipinski definition) is 5. The highest BCUT2D eigenvalue weighted by Crippen LogP contribution is 2.29. The van der Waals surface area contributed by atoms with Crippen LogP contribution in [0.2, 0.25) is 0 Å². The Labute approximate surface area is 153 Å². The molecule has 4 rings (SSSR count). The van der Waals surface area contributed by atoms with Gasteiger partial charge in [-0.15, -0.1) is 11.3 Å². The summed E-state index contributed by atoms with van der Waals surface area (Å²) >= 11 is 1.33. The van der Waals surface area contributed by atoms with Crippen LogP contribution in [0.5, 0.6) is 0 Å². The SMILES string of the molecule is Cc1csc(NC(=O)c2cccc(N3C(=O)c4ccccc4C3=O)c2)n1. The van der Waals surface area contributed by atoms with Crippen molar-refractivity contribution < 1.29 is 14.4 Å². The molecular weight excluding hydrogens is 350 g/mol. The second-order valence-electron chi connectivity index (χ2n) is 5.79. The fraction of sp³-hybridized carbons (Fsp3) is 0.0526. The number of nitrogens with one attached hydrogen (secondary N) is 1. The Morgan fingerprint density at radius 1 is 1.04 bits per heavy atom. The standard InChI is InChI=1S/C19H13N3O3S/c1-11-10-26-19(20-11)21-16(23)12-5-4-6-13(9-12)22-17(24)14-7-2-3-8-15(14)18(22)25/h2-10H,1H3,(H,20,21,23). The van der Waals surface area contributed by atoms with Crippen LogP contribution in [0.4, 0.5) is 10.8 Å². The lowest BCUT2D eigenvalue weighted by atomic mass is 10.1. The third-order valence-corrected chi connectivity index (χ3v) is 4.88. The van der Waals surface area contributed by atoms with Crippen molar-refractivity contribution in [2.75, 3.05) is 10.2 Å². The summed E-state index contributed by atoms with van der Waals surface area (Å²) in [5, 5.41) is 5.05. The van der Waals surface area contributed by atoms with Gasteiger partial charge in [-0.05, 0) is 37.3 Å². The molecule has 0 radical (unpaired) electrons. The molecule has 1 N–H and O–H groups in total. The lowest BCUT2D eigenvalue weighted by Crippen LogP contribution is -2.29. The number of hydrogen-bond donors (Lipinski definition) is 1. The average Bonchev–Trinajstić information content (AvgIpc) is 3.17. The predicted octanol–water partition coefficient (Wildman–Crippen LogP) is 3.50. The molecule has 0 spiro atoms. The Morgan fingerprint density at radius 2 is 1.73 bits per heavy atom. The van der Waals surface area contributed by atoms with Crippen LogP contribution in [-0.2, 0) is 0 Å². The zero-order valence-electron chi connectivity index (χ0n) is 13.7. The van der Waals surface area contributed by atoms with Gasteiger partial charge < -0.3 is 0 Å². The van der Waals surface area contributed by atoms with E-state index in [1.54, 1.807) is 42.5 Å². The number of carbonyl (C=O) groups excluding carboxylic acids is 3. The Hall–Kier alpha value is -3.32. The number of fused-ring (bicyclic) bond motifs is 1. The number of rotatable bonds is 3. The van der Waals surface area contributed by atoms with E-state index in [4.69, 9.17) is 0 Å². The summed E-state index contributed by atoms with van der Waals surface area (Å²) in [4.78, 5) is 42.9. The van der Waals surface area contributed by atoms with Gasteiger partial charge in [0.15, 0.2) is 5.13 Å². The van der Waals surface area contributed by atoms with Crippen LogP contribution < -0.4 is 10.2 Å². The minimum atomic E-state index is -0.390. The number of anilines is 2. The van der Waals surface area contributed by atoms with E-state index in [-0.39, 0.29) is 5.91 Å². The van der Waals surface area contributed by atoms with Gasteiger partial charge in [0.1, 0.15) is 0 Å². The molecule has 0 fully saturated rings. The number of carbonyl (C=O) groups is 3. The summed E-state index contributed by atoms with van der Waals surface area (Å²) in [7, 11) is 0. The molecule has 0 atom stereocenters. The van der Waals surface area contributed by atoms with Gasteiger partial charge >= 0.3 is 0 Å². The minimum absolute atomic E-state index is 0.340. The molecule has 1 aliphatic heterocycles. The molecular formula is C19H13N3O3S. The van der Waals surface area contributed by atoms with Crippen LogP contribution in [0.15, 0.2) is 53.9 Å². The Balaban J connectivity index is 1.63. The summed E-state index contributed by atoms with van der Waals surface area (Å²) < 4.78 is 0. The maximum Gasteiger partial charge on any atom is 0.266 e. The lowest BCUT2D eigenvalue weighted by molar-refractivity contribution is 0.0924. The van der Waals surface area contributed by atoms with Crippen molar-refractivity contribution in [2.24, 2.45) is 0 Å². The van der Waals surface area contributed by atoms with E-state index >= 15 is 0 Å². The van der Waals surface area contributed by atoms with Crippen molar-refractivity contribution in [3.8, 4) is 0 Å². The van der Waals surface area contributed by atoms with Crippen molar-refractivity contribution in [3.63, 3.8) is 0 Å². The van der Waals surface area contributed by atoms with E-state index in [0.717, 1.165) is 10.6 Å². The molecule has 0 unspecified atom stereocenters. The summed E-state index contributed by atoms with van der Waals surface area (Å²) in [6.07, 6.45) is 0. The van der Waals surface area contributed by atoms with E-state index in [2.05, 4.69) is 10.3 Å². The fourth-order valence-corrected chi connectivity index (χ4v) is 3.47. The molecule has 2 heterocycles. The highest BCUT2D eigenvalue weighted by molar-refractivity contribution is 7.13. The molecule has 1 aromatic heterocycles. The molecule has 6 nitrogen and oxygen atoms in total. The van der Waals surface area contributed by atoms with Crippen molar-refractivity contribution in [1.29, 1.82) is 0 Å². The second kappa shape index (κ2) is 6.20. The molecule has 3 aromatic rings. The predicted molar refractivity (Wildman–Crippen MR) is 98.8 cm³/mol. The third-order valence-electron chi connectivity index (χ3n) is 4.00. The van der Waals surface area contributed by atoms with Crippen LogP contribution in [0.3, 0.4) is 0 Å². The molecule has 3 amide bonds. The maximum absolute atomic E-state index is 12.6. The van der Waals surface area contributed by atoms with E-state index in [1.807, 2.05) is 12.3 Å². The average molecular weight is 363 g/mol. The highest BCUT2D eigenvalue weighted by Gasteiger charge is 2.36. The molecule has 7 heteroatoms. The number of thiazole rings is 1. The minimum Gasteiger partial charge on any atom is -0.298 e. The van der Waals surface area contributed by atoms with E-state index in [9.17, 15) is 14.4 Å². The molecule has 0 bridgehead atoms. The summed E-state index contributed by atoms with van der Waals surface area (Å²) in [5.41, 5.74) is 2.26. The van der Waals surface area contributed by atoms with Gasteiger partial charge in [0.25, 0.3) is 17.7 Å². The summed E-state index contributed by atoms with van der Waals surface area (Å²) in [6, 6.07) is 13.1. The van der Waals surface area contributed by atoms with E-state index in [0.29, 0.717) is 27.5 Å². The quantitative estimate of drug-likeness (QED) is 0.722. The first-order valence-corrected chi connectivity index (χ1v) is 8.74. The molecule has 0 saturated carbocycles. The van der Waals surface area contributed by atoms with Gasteiger partial charge in [0.05, 0.1) is 22.5 Å². The summed E-state index contributed by atoms with van der Waals surface area (Å²) in [5.74, 6) is -1.13. The lowest BCUT2D eigenvalue weighted by Gasteiger charge is -2.14. The van der Waals surface area contributed by atoms with Crippen molar-refractivity contribution in [3.05, 3.63) is 76.3 Å². The molecule has 0 saturated heterocycles. The molecule has 26 heavy (non-hydrogen) atoms. The Morgan fingerprint density at radius 3 is 2.35 bits per heavy atom. The number of aromatic nitrogens is 1. The second-order valence-corrected chi connectivity index (χ2v) is 6.65. The first-order valence-electron chi connectivity index (χ1n) is 7.86. The van der Waals surface area contributed by atoms with Crippen LogP contribution in [0, 0.1) is 6.92 Å². The van der Waals surface area contributed by atoms with E-state index in [1.165, 1.54) is 17.4 Å². The van der Waals surface area contributed by atoms with Gasteiger partial charge in [-0.3, -0.25) is 19.7 Å². The number of aryl methyl sites for hydroxylation is 1. The van der Waals surface area contributed by atoms with Crippen molar-refractivity contribution in [1.82, 2.24) is 4.98 Å². The van der Waals surface area contributed by atoms with Gasteiger partial charge in [-0.25, -0.2) is 9.88 Å². The van der Waals surface area contributed by atoms with Crippen LogP contribution >= 0.6 is 11.3 Å². The van der Waals surface area contributed by atoms with Gasteiger partial charge in [0.2, 0.25) is 0 Å². The topological polar surface area (TPSA) is 79.4 Å². The molecule has 128 valence electrons. The van der Waals surface area contributed by atoms with Crippen molar-refractivity contribution in [2.45, 2.75) is 6.92 Å². The normalized spacial score (nSPS) is 13.0. The monoisotopic (exact) mass is 363 g/mol. The zero-order valence-corrected chi connectivity index (χ0v) is 14.5. The molecule has 1 aliphatic rings. The van der Waals surface area contributed by atoms with Gasteiger partial charge in [0, 0.05) is 10.9 Å². The third kappa shape index (κ3) is 2.68. The fourth-order valence-electron chi connectivity index (χ4n) is 2.79. The number of benzene rings is 2. The van der Waals surface area contributed by atoms with Crippen molar-refractivity contribution >= 4 is 39.9 Å². The first-order chi connectivity index (χ1) is 12.5. The summed E-state index contributed by atoms with van der Waals surface area (Å²) in [6.45, 7) is 1.84. The zero-order chi connectivity index (χ0) is 18.3. The number of amides is 3. The van der Waals surface area contributed by atoms with E-state index < -0.39 is 11.8 Å². The molecule has 0 aliphatic carbocycles. The smallest absolute Gasteiger partial charge is 0.266 e. The van der Waals surface area contributed by atoms with Crippen LogP contribution in [0.25, 0.3) is 0 Å². The largest absolute Gasteiger partial charge is 0.298 e. The number of nitrogens with zero attached hydrogens (tertiary/aromatic N) is 2. The molecule has 2 aromatic carbocycles. The van der Waals surface area contributed by atoms with Crippen LogP contribution in [0.1, 0.15) is 36.8 Å². The van der Waals surface area contributed by atoms with Gasteiger partial charge in [-0.2, -0.15) is 0 Å². The van der Waals surface area contributed by atoms with Crippen LogP contribution in [-0.4, -0.2) is 22.7 Å². The first kappa shape index (κ1) is 16.2. The number of imide groups is 1.